The number of methoxy groups -OCH3 is 1. The maximum absolute atomic E-state index is 16.4. The number of benzene rings is 2. The van der Waals surface area contributed by atoms with E-state index in [4.69, 9.17) is 30.5 Å². The molecule has 2 aromatic carbocycles. The molecule has 42 heavy (non-hydrogen) atoms. The van der Waals surface area contributed by atoms with Crippen LogP contribution >= 0.6 is 11.6 Å². The molecule has 3 fully saturated rings. The maximum Gasteiger partial charge on any atom is 0.422 e. The van der Waals surface area contributed by atoms with Crippen molar-refractivity contribution in [3.8, 4) is 28.8 Å². The number of nitrogens with zero attached hydrogens (tertiary/aromatic N) is 3. The molecule has 3 aliphatic rings. The van der Waals surface area contributed by atoms with Crippen molar-refractivity contribution in [2.45, 2.75) is 56.2 Å². The number of hydrogen-bond donors (Lipinski definition) is 0. The molecule has 1 aliphatic carbocycles. The van der Waals surface area contributed by atoms with Crippen LogP contribution in [0, 0.1) is 11.6 Å². The normalized spacial score (nSPS) is 18.5. The highest BCUT2D eigenvalue weighted by Gasteiger charge is 2.45. The molecule has 7 nitrogen and oxygen atoms in total. The number of alkyl halides is 3. The molecule has 3 aromatic rings. The molecule has 0 atom stereocenters. The molecule has 2 aliphatic heterocycles. The van der Waals surface area contributed by atoms with E-state index >= 15 is 8.78 Å². The van der Waals surface area contributed by atoms with E-state index in [1.807, 2.05) is 0 Å². The number of ether oxygens (including phenoxy) is 4. The Bertz CT molecular complexity index is 1490. The molecule has 226 valence electrons. The molecule has 6 rings (SSSR count). The number of fused-ring (bicyclic) bond motifs is 2. The summed E-state index contributed by atoms with van der Waals surface area (Å²) in [7, 11) is 1.43. The zero-order chi connectivity index (χ0) is 29.6. The lowest BCUT2D eigenvalue weighted by Crippen LogP contribution is -2.43. The highest BCUT2D eigenvalue weighted by molar-refractivity contribution is 6.32. The molecule has 0 N–H and O–H groups in total. The van der Waals surface area contributed by atoms with E-state index in [0.29, 0.717) is 5.56 Å². The molecule has 1 saturated carbocycles. The van der Waals surface area contributed by atoms with Crippen LogP contribution in [0.4, 0.5) is 22.0 Å². The molecular formula is C29H29ClF5N3O4. The van der Waals surface area contributed by atoms with Crippen molar-refractivity contribution in [1.82, 2.24) is 14.9 Å². The lowest BCUT2D eigenvalue weighted by Gasteiger charge is -2.31. The Labute approximate surface area is 243 Å². The van der Waals surface area contributed by atoms with Gasteiger partial charge in [0.05, 0.1) is 16.5 Å². The van der Waals surface area contributed by atoms with Crippen LogP contribution in [-0.4, -0.2) is 66.8 Å². The summed E-state index contributed by atoms with van der Waals surface area (Å²) in [5.74, 6) is -2.53. The van der Waals surface area contributed by atoms with Crippen molar-refractivity contribution in [3.63, 3.8) is 0 Å². The number of halogens is 6. The third kappa shape index (κ3) is 5.68. The number of rotatable bonds is 10. The molecule has 0 unspecified atom stereocenters. The summed E-state index contributed by atoms with van der Waals surface area (Å²) in [4.78, 5) is 10.6. The van der Waals surface area contributed by atoms with Gasteiger partial charge >= 0.3 is 12.2 Å². The average molecular weight is 614 g/mol. The fourth-order valence-corrected chi connectivity index (χ4v) is 6.54. The van der Waals surface area contributed by atoms with E-state index in [-0.39, 0.29) is 52.6 Å². The minimum atomic E-state index is -4.71. The van der Waals surface area contributed by atoms with E-state index in [9.17, 15) is 13.2 Å². The van der Waals surface area contributed by atoms with Crippen molar-refractivity contribution >= 4 is 22.5 Å². The second-order valence-corrected chi connectivity index (χ2v) is 11.5. The summed E-state index contributed by atoms with van der Waals surface area (Å²) in [6, 6.07) is 3.56. The highest BCUT2D eigenvalue weighted by atomic mass is 35.5. The smallest absolute Gasteiger partial charge is 0.422 e. The SMILES string of the molecule is COCOc1cc(Cl)c(C2CC2)c(-c2c(F)cc3c(OCC(F)(F)F)nc(OCC45CCCN4CCC5)nc3c2F)c1. The molecular weight excluding hydrogens is 585 g/mol. The van der Waals surface area contributed by atoms with Gasteiger partial charge < -0.3 is 18.9 Å². The first-order valence-corrected chi connectivity index (χ1v) is 14.2. The molecule has 13 heteroatoms. The van der Waals surface area contributed by atoms with E-state index in [0.717, 1.165) is 57.7 Å². The second-order valence-electron chi connectivity index (χ2n) is 11.1. The van der Waals surface area contributed by atoms with Gasteiger partial charge in [-0.05, 0) is 86.9 Å². The standard InChI is InChI=1S/C29H29ClF5N3O4/c1-39-15-42-17-10-18(22(16-4-5-16)20(30)11-17)23-21(31)12-19-25(24(23)32)36-27(37-26(19)40-14-29(33,34)35)41-13-28-6-2-8-38(28)9-3-7-28/h10-12,16H,2-9,13-15H2,1H3. The van der Waals surface area contributed by atoms with Crippen molar-refractivity contribution in [1.29, 1.82) is 0 Å². The Morgan fingerprint density at radius 2 is 1.76 bits per heavy atom. The van der Waals surface area contributed by atoms with Crippen molar-refractivity contribution < 1.29 is 40.9 Å². The zero-order valence-corrected chi connectivity index (χ0v) is 23.6. The van der Waals surface area contributed by atoms with Crippen LogP contribution in [0.5, 0.6) is 17.6 Å². The summed E-state index contributed by atoms with van der Waals surface area (Å²) < 4.78 is 92.8. The molecule has 0 bridgehead atoms. The van der Waals surface area contributed by atoms with Crippen molar-refractivity contribution in [2.75, 3.05) is 40.2 Å². The van der Waals surface area contributed by atoms with Crippen molar-refractivity contribution in [2.24, 2.45) is 0 Å². The Morgan fingerprint density at radius 1 is 1.02 bits per heavy atom. The number of aromatic nitrogens is 2. The third-order valence-corrected chi connectivity index (χ3v) is 8.50. The summed E-state index contributed by atoms with van der Waals surface area (Å²) in [6.07, 6.45) is 0.658. The molecule has 2 saturated heterocycles. The van der Waals surface area contributed by atoms with E-state index in [2.05, 4.69) is 14.9 Å². The van der Waals surface area contributed by atoms with E-state index in [1.165, 1.54) is 13.2 Å². The summed E-state index contributed by atoms with van der Waals surface area (Å²) in [5.41, 5.74) is -0.368. The van der Waals surface area contributed by atoms with Crippen LogP contribution in [0.3, 0.4) is 0 Å². The first-order valence-electron chi connectivity index (χ1n) is 13.8. The quantitative estimate of drug-likeness (QED) is 0.180. The van der Waals surface area contributed by atoms with Gasteiger partial charge in [-0.15, -0.1) is 0 Å². The monoisotopic (exact) mass is 613 g/mol. The third-order valence-electron chi connectivity index (χ3n) is 8.18. The van der Waals surface area contributed by atoms with Gasteiger partial charge in [0.25, 0.3) is 0 Å². The van der Waals surface area contributed by atoms with Gasteiger partial charge in [0.15, 0.2) is 19.2 Å². The Hall–Kier alpha value is -2.96. The molecule has 0 radical (unpaired) electrons. The topological polar surface area (TPSA) is 65.9 Å². The van der Waals surface area contributed by atoms with Crippen LogP contribution in [0.1, 0.15) is 50.0 Å². The van der Waals surface area contributed by atoms with Crippen molar-refractivity contribution in [3.05, 3.63) is 40.4 Å². The Kier molecular flexibility index (Phi) is 7.82. The lowest BCUT2D eigenvalue weighted by atomic mass is 9.94. The van der Waals surface area contributed by atoms with Gasteiger partial charge in [0, 0.05) is 12.1 Å². The summed E-state index contributed by atoms with van der Waals surface area (Å²) >= 11 is 6.56. The Morgan fingerprint density at radius 3 is 2.43 bits per heavy atom. The van der Waals surface area contributed by atoms with Crippen LogP contribution in [0.2, 0.25) is 5.02 Å². The summed E-state index contributed by atoms with van der Waals surface area (Å²) in [6.45, 7) is 0.221. The fraction of sp³-hybridized carbons (Fsp3) is 0.517. The minimum Gasteiger partial charge on any atom is -0.467 e. The van der Waals surface area contributed by atoms with Crippen LogP contribution in [-0.2, 0) is 4.74 Å². The fourth-order valence-electron chi connectivity index (χ4n) is 6.18. The number of hydrogen-bond acceptors (Lipinski definition) is 7. The first-order chi connectivity index (χ1) is 20.1. The highest BCUT2D eigenvalue weighted by Crippen LogP contribution is 2.50. The van der Waals surface area contributed by atoms with E-state index in [1.54, 1.807) is 6.07 Å². The second kappa shape index (κ2) is 11.3. The predicted octanol–water partition coefficient (Wildman–Crippen LogP) is 7.04. The Balaban J connectivity index is 1.46. The van der Waals surface area contributed by atoms with Gasteiger partial charge in [-0.3, -0.25) is 4.90 Å². The van der Waals surface area contributed by atoms with Gasteiger partial charge in [0.2, 0.25) is 5.88 Å². The molecule has 0 spiro atoms. The van der Waals surface area contributed by atoms with Crippen LogP contribution in [0.15, 0.2) is 18.2 Å². The van der Waals surface area contributed by atoms with Crippen LogP contribution < -0.4 is 14.2 Å². The van der Waals surface area contributed by atoms with Crippen LogP contribution in [0.25, 0.3) is 22.0 Å². The van der Waals surface area contributed by atoms with Gasteiger partial charge in [-0.1, -0.05) is 11.6 Å². The van der Waals surface area contributed by atoms with E-state index < -0.39 is 41.4 Å². The summed E-state index contributed by atoms with van der Waals surface area (Å²) in [5, 5.41) is -0.0735. The lowest BCUT2D eigenvalue weighted by molar-refractivity contribution is -0.153. The van der Waals surface area contributed by atoms with Gasteiger partial charge in [-0.25, -0.2) is 8.78 Å². The average Bonchev–Trinajstić information content (AvgIpc) is 3.56. The molecule has 3 heterocycles. The predicted molar refractivity (Wildman–Crippen MR) is 144 cm³/mol. The largest absolute Gasteiger partial charge is 0.467 e. The first kappa shape index (κ1) is 29.1. The molecule has 0 amide bonds. The van der Waals surface area contributed by atoms with Gasteiger partial charge in [0.1, 0.15) is 23.7 Å². The minimum absolute atomic E-state index is 0.00605. The maximum atomic E-state index is 16.4. The van der Waals surface area contributed by atoms with Gasteiger partial charge in [-0.2, -0.15) is 23.1 Å². The zero-order valence-electron chi connectivity index (χ0n) is 22.8. The molecule has 1 aromatic heterocycles.